The summed E-state index contributed by atoms with van der Waals surface area (Å²) in [7, 11) is 0. The van der Waals surface area contributed by atoms with Crippen LogP contribution in [-0.4, -0.2) is 66.8 Å². The number of fused-ring (bicyclic) bond motifs is 2. The van der Waals surface area contributed by atoms with E-state index >= 15 is 0 Å². The van der Waals surface area contributed by atoms with Crippen LogP contribution < -0.4 is 16.6 Å². The van der Waals surface area contributed by atoms with Gasteiger partial charge in [-0.05, 0) is 79.8 Å². The lowest BCUT2D eigenvalue weighted by Gasteiger charge is -2.30. The van der Waals surface area contributed by atoms with E-state index in [0.717, 1.165) is 94.3 Å². The molecule has 2 fully saturated rings. The minimum absolute atomic E-state index is 0.0439. The zero-order valence-electron chi connectivity index (χ0n) is 28.6. The van der Waals surface area contributed by atoms with E-state index < -0.39 is 23.1 Å². The van der Waals surface area contributed by atoms with E-state index in [1.54, 1.807) is 6.07 Å². The van der Waals surface area contributed by atoms with Crippen molar-refractivity contribution in [2.75, 3.05) is 26.3 Å². The highest BCUT2D eigenvalue weighted by atomic mass is 19.1. The van der Waals surface area contributed by atoms with E-state index in [0.29, 0.717) is 37.1 Å². The van der Waals surface area contributed by atoms with Gasteiger partial charge in [-0.25, -0.2) is 23.7 Å². The lowest BCUT2D eigenvalue weighted by Crippen LogP contribution is -2.45. The Bertz CT molecular complexity index is 2150. The molecule has 3 aliphatic rings. The largest absolute Gasteiger partial charge is 0.380 e. The summed E-state index contributed by atoms with van der Waals surface area (Å²) in [6.45, 7) is 5.22. The van der Waals surface area contributed by atoms with Crippen molar-refractivity contribution in [1.29, 1.82) is 0 Å². The number of carbonyl (C=O) groups excluding carboxylic acids is 1. The molecule has 1 amide bonds. The Balaban J connectivity index is 1.05. The van der Waals surface area contributed by atoms with E-state index in [1.165, 1.54) is 14.7 Å². The highest BCUT2D eigenvalue weighted by Crippen LogP contribution is 2.29. The van der Waals surface area contributed by atoms with Gasteiger partial charge in [0, 0.05) is 57.5 Å². The van der Waals surface area contributed by atoms with Crippen LogP contribution in [0.5, 0.6) is 0 Å². The third kappa shape index (κ3) is 6.90. The Morgan fingerprint density at radius 1 is 0.922 bits per heavy atom. The maximum atomic E-state index is 14.5. The van der Waals surface area contributed by atoms with Crippen LogP contribution in [0, 0.1) is 5.82 Å². The van der Waals surface area contributed by atoms with E-state index in [4.69, 9.17) is 4.74 Å². The molecule has 2 aliphatic heterocycles. The summed E-state index contributed by atoms with van der Waals surface area (Å²) >= 11 is 0. The number of rotatable bonds is 7. The first-order chi connectivity index (χ1) is 24.9. The summed E-state index contributed by atoms with van der Waals surface area (Å²) in [5, 5.41) is 3.16. The lowest BCUT2D eigenvalue weighted by atomic mass is 9.90. The van der Waals surface area contributed by atoms with E-state index in [-0.39, 0.29) is 23.0 Å². The van der Waals surface area contributed by atoms with E-state index in [9.17, 15) is 18.8 Å². The molecule has 11 nitrogen and oxygen atoms in total. The van der Waals surface area contributed by atoms with Gasteiger partial charge in [-0.2, -0.15) is 0 Å². The molecule has 1 N–H and O–H groups in total. The van der Waals surface area contributed by atoms with Crippen molar-refractivity contribution in [3.8, 4) is 16.8 Å². The van der Waals surface area contributed by atoms with Gasteiger partial charge in [0.05, 0.1) is 23.9 Å². The van der Waals surface area contributed by atoms with Crippen molar-refractivity contribution in [1.82, 2.24) is 33.9 Å². The fourth-order valence-electron chi connectivity index (χ4n) is 7.84. The SMILES string of the molecule is O=C(NC1CCC(n2c(=O)c3cc(F)cnc3n(-c3cccc(-c4ccc(CN5CCCOCC5)cc4)c3)c2=O)CC1)c1cn2c(n1)CCCC2. The van der Waals surface area contributed by atoms with Crippen LogP contribution >= 0.6 is 0 Å². The van der Waals surface area contributed by atoms with Crippen LogP contribution in [0.15, 0.2) is 76.6 Å². The molecule has 3 aromatic heterocycles. The van der Waals surface area contributed by atoms with Crippen molar-refractivity contribution < 1.29 is 13.9 Å². The quantitative estimate of drug-likeness (QED) is 0.255. The second-order valence-electron chi connectivity index (χ2n) is 14.0. The van der Waals surface area contributed by atoms with Gasteiger partial charge in [0.15, 0.2) is 5.65 Å². The molecule has 264 valence electrons. The van der Waals surface area contributed by atoms with Gasteiger partial charge in [-0.3, -0.25) is 19.1 Å². The van der Waals surface area contributed by atoms with Crippen LogP contribution in [0.4, 0.5) is 4.39 Å². The average Bonchev–Trinajstić information content (AvgIpc) is 3.43. The molecule has 12 heteroatoms. The number of aromatic nitrogens is 5. The summed E-state index contributed by atoms with van der Waals surface area (Å²) in [4.78, 5) is 52.5. The predicted octanol–water partition coefficient (Wildman–Crippen LogP) is 5.02. The fraction of sp³-hybridized carbons (Fsp3) is 0.410. The molecular formula is C39H42FN7O4. The number of ether oxygens (including phenoxy) is 1. The molecule has 51 heavy (non-hydrogen) atoms. The fourth-order valence-corrected chi connectivity index (χ4v) is 7.84. The smallest absolute Gasteiger partial charge is 0.337 e. The highest BCUT2D eigenvalue weighted by molar-refractivity contribution is 5.92. The summed E-state index contributed by atoms with van der Waals surface area (Å²) in [6, 6.07) is 16.6. The number of hydrogen-bond acceptors (Lipinski definition) is 7. The average molecular weight is 692 g/mol. The number of carbonyl (C=O) groups is 1. The molecule has 0 bridgehead atoms. The van der Waals surface area contributed by atoms with Gasteiger partial charge in [0.2, 0.25) is 0 Å². The minimum Gasteiger partial charge on any atom is -0.380 e. The first-order valence-electron chi connectivity index (χ1n) is 18.1. The molecular weight excluding hydrogens is 649 g/mol. The second-order valence-corrected chi connectivity index (χ2v) is 14.0. The second kappa shape index (κ2) is 14.4. The molecule has 2 aromatic carbocycles. The third-order valence-corrected chi connectivity index (χ3v) is 10.5. The molecule has 1 aliphatic carbocycles. The number of imidazole rings is 1. The van der Waals surface area contributed by atoms with E-state index in [2.05, 4.69) is 49.0 Å². The number of nitrogens with one attached hydrogen (secondary N) is 1. The van der Waals surface area contributed by atoms with Crippen molar-refractivity contribution >= 4 is 16.9 Å². The Morgan fingerprint density at radius 3 is 2.59 bits per heavy atom. The van der Waals surface area contributed by atoms with Crippen molar-refractivity contribution in [2.24, 2.45) is 0 Å². The van der Waals surface area contributed by atoms with Crippen molar-refractivity contribution in [2.45, 2.75) is 76.5 Å². The minimum atomic E-state index is -0.648. The number of benzene rings is 2. The number of pyridine rings is 1. The lowest BCUT2D eigenvalue weighted by molar-refractivity contribution is 0.0917. The summed E-state index contributed by atoms with van der Waals surface area (Å²) < 4.78 is 24.9. The predicted molar refractivity (Wildman–Crippen MR) is 192 cm³/mol. The van der Waals surface area contributed by atoms with Gasteiger partial charge in [0.25, 0.3) is 11.5 Å². The first kappa shape index (κ1) is 33.2. The van der Waals surface area contributed by atoms with Crippen LogP contribution in [0.2, 0.25) is 0 Å². The molecule has 0 radical (unpaired) electrons. The Hall–Kier alpha value is -4.94. The number of aryl methyl sites for hydroxylation is 2. The van der Waals surface area contributed by atoms with Crippen LogP contribution in [0.3, 0.4) is 0 Å². The maximum absolute atomic E-state index is 14.5. The molecule has 5 aromatic rings. The number of amides is 1. The van der Waals surface area contributed by atoms with Crippen LogP contribution in [-0.2, 0) is 24.2 Å². The highest BCUT2D eigenvalue weighted by Gasteiger charge is 2.29. The topological polar surface area (TPSA) is 116 Å². The molecule has 1 saturated carbocycles. The van der Waals surface area contributed by atoms with Crippen molar-refractivity contribution in [3.63, 3.8) is 0 Å². The zero-order chi connectivity index (χ0) is 34.9. The monoisotopic (exact) mass is 691 g/mol. The number of hydrogen-bond donors (Lipinski definition) is 1. The van der Waals surface area contributed by atoms with Gasteiger partial charge in [-0.15, -0.1) is 0 Å². The van der Waals surface area contributed by atoms with Crippen LogP contribution in [0.1, 0.15) is 72.9 Å². The Kier molecular flexibility index (Phi) is 9.35. The molecule has 5 heterocycles. The molecule has 0 unspecified atom stereocenters. The molecule has 0 atom stereocenters. The van der Waals surface area contributed by atoms with E-state index in [1.807, 2.05) is 24.4 Å². The Morgan fingerprint density at radius 2 is 1.76 bits per heavy atom. The molecule has 0 spiro atoms. The standard InChI is InChI=1S/C39H42FN7O4/c40-29-22-33-36(41-23-29)46(32-6-3-5-28(21-32)27-10-8-26(9-11-27)24-44-16-4-19-51-20-18-44)39(50)47(38(33)49)31-14-12-30(13-15-31)42-37(48)34-25-45-17-2-1-7-35(45)43-34/h3,5-6,8-11,21-23,25,30-31H,1-2,4,7,12-20,24H2,(H,42,48). The summed E-state index contributed by atoms with van der Waals surface area (Å²) in [6.07, 6.45) is 9.12. The first-order valence-corrected chi connectivity index (χ1v) is 18.1. The van der Waals surface area contributed by atoms with Gasteiger partial charge < -0.3 is 14.6 Å². The molecule has 1 saturated heterocycles. The van der Waals surface area contributed by atoms with Crippen LogP contribution in [0.25, 0.3) is 27.8 Å². The Labute approximate surface area is 294 Å². The van der Waals surface area contributed by atoms with Gasteiger partial charge in [0.1, 0.15) is 17.3 Å². The van der Waals surface area contributed by atoms with Gasteiger partial charge in [-0.1, -0.05) is 36.4 Å². The normalized spacial score (nSPS) is 19.8. The molecule has 8 rings (SSSR count). The maximum Gasteiger partial charge on any atom is 0.337 e. The van der Waals surface area contributed by atoms with Gasteiger partial charge >= 0.3 is 5.69 Å². The van der Waals surface area contributed by atoms with Crippen molar-refractivity contribution in [3.05, 3.63) is 111 Å². The summed E-state index contributed by atoms with van der Waals surface area (Å²) in [5.74, 6) is 0.102. The number of nitrogens with zero attached hydrogens (tertiary/aromatic N) is 6. The zero-order valence-corrected chi connectivity index (χ0v) is 28.6. The number of halogens is 1. The summed E-state index contributed by atoms with van der Waals surface area (Å²) in [5.41, 5.74) is 3.10. The third-order valence-electron chi connectivity index (χ3n) is 10.5.